The zero-order chi connectivity index (χ0) is 17.6. The fraction of sp³-hybridized carbons (Fsp3) is 0.579. The van der Waals surface area contributed by atoms with Crippen molar-refractivity contribution in [2.45, 2.75) is 36.7 Å². The Balaban J connectivity index is 1.41. The van der Waals surface area contributed by atoms with E-state index in [-0.39, 0.29) is 23.8 Å². The third-order valence-corrected chi connectivity index (χ3v) is 6.15. The Hall–Kier alpha value is -1.53. The number of nitrogens with zero attached hydrogens (tertiary/aromatic N) is 1. The van der Waals surface area contributed by atoms with Crippen LogP contribution in [-0.2, 0) is 14.3 Å². The molecule has 1 aromatic carbocycles. The number of likely N-dealkylation sites (tertiary alicyclic amines) is 1. The molecule has 2 saturated heterocycles. The molecule has 2 atom stereocenters. The van der Waals surface area contributed by atoms with Crippen molar-refractivity contribution in [3.8, 4) is 0 Å². The number of carboxylic acids is 1. The lowest BCUT2D eigenvalue weighted by molar-refractivity contribution is -0.146. The van der Waals surface area contributed by atoms with Gasteiger partial charge in [0.25, 0.3) is 0 Å². The van der Waals surface area contributed by atoms with E-state index in [1.807, 2.05) is 23.1 Å². The van der Waals surface area contributed by atoms with E-state index >= 15 is 0 Å². The van der Waals surface area contributed by atoms with Gasteiger partial charge in [0, 0.05) is 36.8 Å². The lowest BCUT2D eigenvalue weighted by Crippen LogP contribution is -2.43. The number of ether oxygens (including phenoxy) is 1. The van der Waals surface area contributed by atoms with Gasteiger partial charge in [-0.15, -0.1) is 11.8 Å². The number of benzene rings is 1. The lowest BCUT2D eigenvalue weighted by Gasteiger charge is -2.35. The van der Waals surface area contributed by atoms with E-state index in [0.29, 0.717) is 32.5 Å². The van der Waals surface area contributed by atoms with Crippen LogP contribution >= 0.6 is 11.8 Å². The number of piperidine rings is 1. The second-order valence-electron chi connectivity index (χ2n) is 6.70. The van der Waals surface area contributed by atoms with Crippen LogP contribution < -0.4 is 0 Å². The van der Waals surface area contributed by atoms with Gasteiger partial charge in [-0.05, 0) is 37.3 Å². The van der Waals surface area contributed by atoms with Gasteiger partial charge in [0.05, 0.1) is 12.0 Å². The molecule has 6 heteroatoms. The lowest BCUT2D eigenvalue weighted by atomic mass is 9.84. The highest BCUT2D eigenvalue weighted by molar-refractivity contribution is 7.99. The molecule has 25 heavy (non-hydrogen) atoms. The predicted octanol–water partition coefficient (Wildman–Crippen LogP) is 2.90. The summed E-state index contributed by atoms with van der Waals surface area (Å²) in [4.78, 5) is 26.8. The SMILES string of the molecule is O=C(O)C1CCO[C@H]1C1CCN(C(=O)CCSc2ccccc2)CC1. The Labute approximate surface area is 152 Å². The Kier molecular flexibility index (Phi) is 6.37. The maximum atomic E-state index is 12.4. The average molecular weight is 363 g/mol. The number of carboxylic acid groups (broad SMARTS) is 1. The number of carbonyl (C=O) groups is 2. The topological polar surface area (TPSA) is 66.8 Å². The third-order valence-electron chi connectivity index (χ3n) is 5.14. The first-order chi connectivity index (χ1) is 12.1. The fourth-order valence-corrected chi connectivity index (χ4v) is 4.61. The minimum absolute atomic E-state index is 0.177. The number of thioether (sulfide) groups is 1. The Bertz CT molecular complexity index is 586. The zero-order valence-corrected chi connectivity index (χ0v) is 15.1. The van der Waals surface area contributed by atoms with Crippen LogP contribution in [0.15, 0.2) is 35.2 Å². The summed E-state index contributed by atoms with van der Waals surface area (Å²) >= 11 is 1.70. The summed E-state index contributed by atoms with van der Waals surface area (Å²) in [6.45, 7) is 1.97. The molecule has 2 heterocycles. The van der Waals surface area contributed by atoms with Crippen molar-refractivity contribution in [3.63, 3.8) is 0 Å². The molecular formula is C19H25NO4S. The standard InChI is InChI=1S/C19H25NO4S/c21-17(9-13-25-15-4-2-1-3-5-15)20-10-6-14(7-11-20)18-16(19(22)23)8-12-24-18/h1-5,14,16,18H,6-13H2,(H,22,23)/t16?,18-/m0/s1. The Morgan fingerprint density at radius 2 is 1.88 bits per heavy atom. The number of hydrogen-bond acceptors (Lipinski definition) is 4. The van der Waals surface area contributed by atoms with Gasteiger partial charge in [-0.1, -0.05) is 18.2 Å². The average Bonchev–Trinajstić information content (AvgIpc) is 3.13. The van der Waals surface area contributed by atoms with E-state index in [2.05, 4.69) is 12.1 Å². The summed E-state index contributed by atoms with van der Waals surface area (Å²) in [7, 11) is 0. The number of amides is 1. The van der Waals surface area contributed by atoms with Crippen LogP contribution in [0, 0.1) is 11.8 Å². The van der Waals surface area contributed by atoms with Crippen molar-refractivity contribution in [2.24, 2.45) is 11.8 Å². The summed E-state index contributed by atoms with van der Waals surface area (Å²) in [5, 5.41) is 9.30. The highest BCUT2D eigenvalue weighted by atomic mass is 32.2. The van der Waals surface area contributed by atoms with Crippen LogP contribution in [0.4, 0.5) is 0 Å². The van der Waals surface area contributed by atoms with Gasteiger partial charge in [-0.2, -0.15) is 0 Å². The maximum Gasteiger partial charge on any atom is 0.309 e. The first-order valence-electron chi connectivity index (χ1n) is 8.95. The smallest absolute Gasteiger partial charge is 0.309 e. The van der Waals surface area contributed by atoms with Crippen molar-refractivity contribution < 1.29 is 19.4 Å². The largest absolute Gasteiger partial charge is 0.481 e. The van der Waals surface area contributed by atoms with Crippen molar-refractivity contribution in [2.75, 3.05) is 25.4 Å². The van der Waals surface area contributed by atoms with Crippen molar-refractivity contribution in [1.29, 1.82) is 0 Å². The second kappa shape index (κ2) is 8.72. The number of rotatable bonds is 6. The van der Waals surface area contributed by atoms with Gasteiger partial charge in [0.1, 0.15) is 0 Å². The molecule has 2 fully saturated rings. The van der Waals surface area contributed by atoms with Gasteiger partial charge in [-0.3, -0.25) is 9.59 Å². The van der Waals surface area contributed by atoms with E-state index in [9.17, 15) is 14.7 Å². The van der Waals surface area contributed by atoms with E-state index in [1.54, 1.807) is 11.8 Å². The molecule has 3 rings (SSSR count). The van der Waals surface area contributed by atoms with Crippen LogP contribution in [0.3, 0.4) is 0 Å². The predicted molar refractivity (Wildman–Crippen MR) is 96.6 cm³/mol. The first-order valence-corrected chi connectivity index (χ1v) is 9.94. The van der Waals surface area contributed by atoms with Crippen molar-refractivity contribution in [3.05, 3.63) is 30.3 Å². The molecular weight excluding hydrogens is 338 g/mol. The molecule has 1 unspecified atom stereocenters. The maximum absolute atomic E-state index is 12.4. The summed E-state index contributed by atoms with van der Waals surface area (Å²) in [6.07, 6.45) is 2.65. The molecule has 0 saturated carbocycles. The van der Waals surface area contributed by atoms with Crippen molar-refractivity contribution in [1.82, 2.24) is 4.90 Å². The Morgan fingerprint density at radius 3 is 2.56 bits per heavy atom. The molecule has 0 bridgehead atoms. The summed E-state index contributed by atoms with van der Waals surface area (Å²) in [5.74, 6) is 0.110. The minimum Gasteiger partial charge on any atom is -0.481 e. The van der Waals surface area contributed by atoms with Crippen LogP contribution in [0.2, 0.25) is 0 Å². The molecule has 0 spiro atoms. The number of carbonyl (C=O) groups excluding carboxylic acids is 1. The van der Waals surface area contributed by atoms with Gasteiger partial charge in [-0.25, -0.2) is 0 Å². The third kappa shape index (κ3) is 4.76. The van der Waals surface area contributed by atoms with E-state index < -0.39 is 5.97 Å². The molecule has 0 aromatic heterocycles. The molecule has 1 N–H and O–H groups in total. The van der Waals surface area contributed by atoms with Gasteiger partial charge in [0.2, 0.25) is 5.91 Å². The molecule has 1 aromatic rings. The number of hydrogen-bond donors (Lipinski definition) is 1. The molecule has 2 aliphatic rings. The first kappa shape index (κ1) is 18.3. The summed E-state index contributed by atoms with van der Waals surface area (Å²) in [5.41, 5.74) is 0. The minimum atomic E-state index is -0.751. The van der Waals surface area contributed by atoms with Crippen LogP contribution in [0.25, 0.3) is 0 Å². The highest BCUT2D eigenvalue weighted by Crippen LogP contribution is 2.33. The normalized spacial score (nSPS) is 24.4. The monoisotopic (exact) mass is 363 g/mol. The van der Waals surface area contributed by atoms with Crippen LogP contribution in [0.1, 0.15) is 25.7 Å². The molecule has 0 aliphatic carbocycles. The quantitative estimate of drug-likeness (QED) is 0.787. The molecule has 0 radical (unpaired) electrons. The van der Waals surface area contributed by atoms with E-state index in [4.69, 9.17) is 4.74 Å². The molecule has 5 nitrogen and oxygen atoms in total. The molecule has 1 amide bonds. The summed E-state index contributed by atoms with van der Waals surface area (Å²) < 4.78 is 5.69. The fourth-order valence-electron chi connectivity index (χ4n) is 3.75. The second-order valence-corrected chi connectivity index (χ2v) is 7.87. The molecule has 136 valence electrons. The highest BCUT2D eigenvalue weighted by Gasteiger charge is 2.40. The zero-order valence-electron chi connectivity index (χ0n) is 14.3. The summed E-state index contributed by atoms with van der Waals surface area (Å²) in [6, 6.07) is 10.1. The number of aliphatic carboxylic acids is 1. The van der Waals surface area contributed by atoms with Gasteiger partial charge < -0.3 is 14.7 Å². The van der Waals surface area contributed by atoms with Crippen molar-refractivity contribution >= 4 is 23.6 Å². The molecule has 2 aliphatic heterocycles. The van der Waals surface area contributed by atoms with Gasteiger partial charge in [0.15, 0.2) is 0 Å². The van der Waals surface area contributed by atoms with Gasteiger partial charge >= 0.3 is 5.97 Å². The van der Waals surface area contributed by atoms with E-state index in [0.717, 1.165) is 18.6 Å². The van der Waals surface area contributed by atoms with Crippen LogP contribution in [-0.4, -0.2) is 53.4 Å². The van der Waals surface area contributed by atoms with Crippen LogP contribution in [0.5, 0.6) is 0 Å². The van der Waals surface area contributed by atoms with E-state index in [1.165, 1.54) is 4.90 Å². The Morgan fingerprint density at radius 1 is 1.16 bits per heavy atom.